The van der Waals surface area contributed by atoms with Gasteiger partial charge in [0.05, 0.1) is 19.7 Å². The van der Waals surface area contributed by atoms with Crippen molar-refractivity contribution in [2.24, 2.45) is 12.0 Å². The zero-order valence-corrected chi connectivity index (χ0v) is 20.1. The third kappa shape index (κ3) is 6.92. The number of rotatable bonds is 8. The topological polar surface area (TPSA) is 53.8 Å². The van der Waals surface area contributed by atoms with Crippen LogP contribution in [0.15, 0.2) is 47.7 Å². The molecule has 1 aromatic heterocycles. The molecule has 0 saturated carbocycles. The molecule has 2 heterocycles. The normalized spacial score (nSPS) is 15.6. The van der Waals surface area contributed by atoms with Crippen molar-refractivity contribution in [1.82, 2.24) is 20.1 Å². The van der Waals surface area contributed by atoms with E-state index in [1.54, 1.807) is 7.11 Å². The standard InChI is InChI=1S/C22H33N5O.HI/c1-4-23-22(24-15-18-11-14-26(2)17-18)25-16-21(27-12-5-6-13-27)19-7-9-20(28-3)10-8-19;/h7-11,14,17,21H,4-6,12-13,15-16H2,1-3H3,(H2,23,24,25);1H. The largest absolute Gasteiger partial charge is 0.497 e. The molecule has 6 nitrogen and oxygen atoms in total. The smallest absolute Gasteiger partial charge is 0.191 e. The zero-order chi connectivity index (χ0) is 19.8. The van der Waals surface area contributed by atoms with E-state index < -0.39 is 0 Å². The number of aliphatic imine (C=N–C) groups is 1. The van der Waals surface area contributed by atoms with Gasteiger partial charge in [0.1, 0.15) is 5.75 Å². The maximum Gasteiger partial charge on any atom is 0.191 e. The van der Waals surface area contributed by atoms with Crippen LogP contribution in [0.25, 0.3) is 0 Å². The highest BCUT2D eigenvalue weighted by Crippen LogP contribution is 2.26. The van der Waals surface area contributed by atoms with Gasteiger partial charge in [0.2, 0.25) is 0 Å². The quantitative estimate of drug-likeness (QED) is 0.324. The van der Waals surface area contributed by atoms with Gasteiger partial charge < -0.3 is 19.9 Å². The Balaban J connectivity index is 0.00000300. The van der Waals surface area contributed by atoms with Crippen LogP contribution in [-0.4, -0.2) is 48.7 Å². The van der Waals surface area contributed by atoms with Crippen molar-refractivity contribution in [2.45, 2.75) is 32.4 Å². The monoisotopic (exact) mass is 511 g/mol. The predicted octanol–water partition coefficient (Wildman–Crippen LogP) is 3.54. The molecule has 1 aliphatic heterocycles. The molecule has 29 heavy (non-hydrogen) atoms. The second-order valence-corrected chi connectivity index (χ2v) is 7.29. The highest BCUT2D eigenvalue weighted by atomic mass is 127. The van der Waals surface area contributed by atoms with E-state index in [0.717, 1.165) is 37.9 Å². The molecular formula is C22H34IN5O. The molecule has 0 amide bonds. The van der Waals surface area contributed by atoms with Crippen LogP contribution in [-0.2, 0) is 13.6 Å². The fourth-order valence-corrected chi connectivity index (χ4v) is 3.70. The lowest BCUT2D eigenvalue weighted by atomic mass is 10.1. The van der Waals surface area contributed by atoms with E-state index in [-0.39, 0.29) is 24.0 Å². The summed E-state index contributed by atoms with van der Waals surface area (Å²) >= 11 is 0. The van der Waals surface area contributed by atoms with Crippen LogP contribution in [0, 0.1) is 0 Å². The summed E-state index contributed by atoms with van der Waals surface area (Å²) in [6.45, 7) is 6.74. The number of hydrogen-bond donors (Lipinski definition) is 2. The molecular weight excluding hydrogens is 477 g/mol. The third-order valence-electron chi connectivity index (χ3n) is 5.20. The summed E-state index contributed by atoms with van der Waals surface area (Å²) in [7, 11) is 3.74. The van der Waals surface area contributed by atoms with Gasteiger partial charge in [-0.1, -0.05) is 12.1 Å². The Morgan fingerprint density at radius 3 is 2.45 bits per heavy atom. The number of benzene rings is 1. The average molecular weight is 511 g/mol. The van der Waals surface area contributed by atoms with Crippen molar-refractivity contribution in [1.29, 1.82) is 0 Å². The molecule has 2 aromatic rings. The van der Waals surface area contributed by atoms with Gasteiger partial charge >= 0.3 is 0 Å². The van der Waals surface area contributed by atoms with Crippen LogP contribution in [0.1, 0.15) is 36.9 Å². The summed E-state index contributed by atoms with van der Waals surface area (Å²) < 4.78 is 7.37. The van der Waals surface area contributed by atoms with Crippen molar-refractivity contribution < 1.29 is 4.74 Å². The summed E-state index contributed by atoms with van der Waals surface area (Å²) in [6, 6.07) is 10.9. The van der Waals surface area contributed by atoms with Crippen LogP contribution in [0.3, 0.4) is 0 Å². The van der Waals surface area contributed by atoms with Gasteiger partial charge in [-0.3, -0.25) is 4.90 Å². The maximum absolute atomic E-state index is 5.32. The van der Waals surface area contributed by atoms with Crippen molar-refractivity contribution in [3.63, 3.8) is 0 Å². The first-order valence-electron chi connectivity index (χ1n) is 10.2. The van der Waals surface area contributed by atoms with Gasteiger partial charge in [0.15, 0.2) is 5.96 Å². The van der Waals surface area contributed by atoms with E-state index in [0.29, 0.717) is 12.6 Å². The maximum atomic E-state index is 5.32. The van der Waals surface area contributed by atoms with Gasteiger partial charge in [-0.15, -0.1) is 24.0 Å². The molecule has 1 atom stereocenters. The summed E-state index contributed by atoms with van der Waals surface area (Å²) in [5.41, 5.74) is 2.53. The lowest BCUT2D eigenvalue weighted by Crippen LogP contribution is -2.42. The number of aromatic nitrogens is 1. The van der Waals surface area contributed by atoms with Crippen LogP contribution >= 0.6 is 24.0 Å². The van der Waals surface area contributed by atoms with E-state index in [1.807, 2.05) is 19.2 Å². The molecule has 1 saturated heterocycles. The number of halogens is 1. The van der Waals surface area contributed by atoms with Gasteiger partial charge in [-0.05, 0) is 62.2 Å². The molecule has 1 aliphatic rings. The summed E-state index contributed by atoms with van der Waals surface area (Å²) in [6.07, 6.45) is 6.71. The zero-order valence-electron chi connectivity index (χ0n) is 17.7. The number of likely N-dealkylation sites (tertiary alicyclic amines) is 1. The Labute approximate surface area is 191 Å². The second-order valence-electron chi connectivity index (χ2n) is 7.29. The molecule has 1 fully saturated rings. The van der Waals surface area contributed by atoms with Crippen molar-refractivity contribution >= 4 is 29.9 Å². The summed E-state index contributed by atoms with van der Waals surface area (Å²) in [5.74, 6) is 1.76. The van der Waals surface area contributed by atoms with E-state index in [1.165, 1.54) is 24.0 Å². The minimum atomic E-state index is 0. The Kier molecular flexibility index (Phi) is 9.80. The van der Waals surface area contributed by atoms with Crippen LogP contribution in [0.2, 0.25) is 0 Å². The fourth-order valence-electron chi connectivity index (χ4n) is 3.70. The Bertz CT molecular complexity index is 753. The molecule has 0 aliphatic carbocycles. The number of guanidine groups is 1. The van der Waals surface area contributed by atoms with Gasteiger partial charge in [-0.2, -0.15) is 0 Å². The summed E-state index contributed by atoms with van der Waals surface area (Å²) in [4.78, 5) is 7.32. The highest BCUT2D eigenvalue weighted by molar-refractivity contribution is 14.0. The second kappa shape index (κ2) is 12.1. The predicted molar refractivity (Wildman–Crippen MR) is 130 cm³/mol. The Morgan fingerprint density at radius 1 is 1.14 bits per heavy atom. The lowest BCUT2D eigenvalue weighted by molar-refractivity contribution is 0.245. The lowest BCUT2D eigenvalue weighted by Gasteiger charge is -2.29. The average Bonchev–Trinajstić information content (AvgIpc) is 3.38. The first-order valence-corrected chi connectivity index (χ1v) is 10.2. The SMILES string of the molecule is CCNC(=NCc1ccn(C)c1)NCC(c1ccc(OC)cc1)N1CCCC1.I. The van der Waals surface area contributed by atoms with Crippen molar-refractivity contribution in [2.75, 3.05) is 33.3 Å². The molecule has 1 unspecified atom stereocenters. The first kappa shape index (κ1) is 23.5. The van der Waals surface area contributed by atoms with Gasteiger partial charge in [0.25, 0.3) is 0 Å². The van der Waals surface area contributed by atoms with E-state index in [2.05, 4.69) is 57.6 Å². The van der Waals surface area contributed by atoms with Crippen molar-refractivity contribution in [3.8, 4) is 5.75 Å². The summed E-state index contributed by atoms with van der Waals surface area (Å²) in [5, 5.41) is 6.93. The molecule has 0 spiro atoms. The fraction of sp³-hybridized carbons (Fsp3) is 0.500. The number of nitrogens with zero attached hydrogens (tertiary/aromatic N) is 3. The highest BCUT2D eigenvalue weighted by Gasteiger charge is 2.23. The number of ether oxygens (including phenoxy) is 1. The van der Waals surface area contributed by atoms with E-state index in [4.69, 9.17) is 9.73 Å². The molecule has 7 heteroatoms. The first-order chi connectivity index (χ1) is 13.7. The molecule has 2 N–H and O–H groups in total. The van der Waals surface area contributed by atoms with Crippen LogP contribution in [0.4, 0.5) is 0 Å². The molecule has 160 valence electrons. The van der Waals surface area contributed by atoms with Gasteiger partial charge in [-0.25, -0.2) is 4.99 Å². The van der Waals surface area contributed by atoms with Crippen molar-refractivity contribution in [3.05, 3.63) is 53.9 Å². The number of methoxy groups -OCH3 is 1. The van der Waals surface area contributed by atoms with Gasteiger partial charge in [0, 0.05) is 32.5 Å². The molecule has 0 bridgehead atoms. The number of aryl methyl sites for hydroxylation is 1. The minimum absolute atomic E-state index is 0. The molecule has 1 aromatic carbocycles. The van der Waals surface area contributed by atoms with Crippen LogP contribution < -0.4 is 15.4 Å². The third-order valence-corrected chi connectivity index (χ3v) is 5.20. The van der Waals surface area contributed by atoms with Crippen LogP contribution in [0.5, 0.6) is 5.75 Å². The Hall–Kier alpha value is -1.74. The number of nitrogens with one attached hydrogen (secondary N) is 2. The Morgan fingerprint density at radius 2 is 1.86 bits per heavy atom. The molecule has 3 rings (SSSR count). The number of hydrogen-bond acceptors (Lipinski definition) is 3. The van der Waals surface area contributed by atoms with E-state index >= 15 is 0 Å². The molecule has 0 radical (unpaired) electrons. The van der Waals surface area contributed by atoms with E-state index in [9.17, 15) is 0 Å². The minimum Gasteiger partial charge on any atom is -0.497 e.